The number of hydrogen-bond acceptors (Lipinski definition) is 2. The van der Waals surface area contributed by atoms with Gasteiger partial charge in [0.15, 0.2) is 0 Å². The van der Waals surface area contributed by atoms with Crippen molar-refractivity contribution in [3.05, 3.63) is 35.9 Å². The van der Waals surface area contributed by atoms with Crippen LogP contribution in [0, 0.1) is 0 Å². The van der Waals surface area contributed by atoms with E-state index in [2.05, 4.69) is 34.1 Å². The fourth-order valence-corrected chi connectivity index (χ4v) is 2.38. The van der Waals surface area contributed by atoms with Crippen LogP contribution in [-0.4, -0.2) is 16.4 Å². The molecule has 0 radical (unpaired) electrons. The fourth-order valence-electron chi connectivity index (χ4n) is 2.38. The molecule has 0 saturated heterocycles. The summed E-state index contributed by atoms with van der Waals surface area (Å²) in [7, 11) is 1.97. The lowest BCUT2D eigenvalue weighted by Gasteiger charge is -2.23. The molecule has 3 rings (SSSR count). The van der Waals surface area contributed by atoms with Crippen molar-refractivity contribution in [2.45, 2.75) is 31.7 Å². The molecule has 0 spiro atoms. The zero-order valence-electron chi connectivity index (χ0n) is 9.61. The predicted octanol–water partition coefficient (Wildman–Crippen LogP) is 2.32. The topological polar surface area (TPSA) is 29.3 Å². The third kappa shape index (κ3) is 1.43. The largest absolute Gasteiger partial charge is 0.314 e. The zero-order valence-corrected chi connectivity index (χ0v) is 9.61. The summed E-state index contributed by atoms with van der Waals surface area (Å²) in [5.41, 5.74) is 2.42. The number of nitrogens with one attached hydrogen (secondary N) is 1. The fraction of sp³-hybridized carbons (Fsp3) is 0.462. The Morgan fingerprint density at radius 3 is 3.00 bits per heavy atom. The standard InChI is InChI=1S/C13H17N3/c1-14-9-11-12-7-2-3-8-16(12)13(15-11)10-5-4-6-10/h2-3,7-8,10,14H,4-6,9H2,1H3. The van der Waals surface area contributed by atoms with E-state index in [1.165, 1.54) is 36.3 Å². The molecule has 1 aliphatic carbocycles. The molecule has 0 atom stereocenters. The van der Waals surface area contributed by atoms with E-state index in [9.17, 15) is 0 Å². The number of pyridine rings is 1. The van der Waals surface area contributed by atoms with Crippen molar-refractivity contribution in [2.75, 3.05) is 7.05 Å². The van der Waals surface area contributed by atoms with Crippen molar-refractivity contribution < 1.29 is 0 Å². The third-order valence-corrected chi connectivity index (χ3v) is 3.47. The first kappa shape index (κ1) is 9.85. The summed E-state index contributed by atoms with van der Waals surface area (Å²) in [5.74, 6) is 1.94. The molecule has 2 aromatic rings. The van der Waals surface area contributed by atoms with E-state index < -0.39 is 0 Å². The van der Waals surface area contributed by atoms with Gasteiger partial charge in [-0.3, -0.25) is 0 Å². The smallest absolute Gasteiger partial charge is 0.116 e. The summed E-state index contributed by atoms with van der Waals surface area (Å²) in [6, 6.07) is 6.32. The van der Waals surface area contributed by atoms with Gasteiger partial charge < -0.3 is 9.72 Å². The Morgan fingerprint density at radius 2 is 2.31 bits per heavy atom. The molecule has 1 N–H and O–H groups in total. The van der Waals surface area contributed by atoms with Crippen LogP contribution in [0.1, 0.15) is 36.7 Å². The van der Waals surface area contributed by atoms with Gasteiger partial charge in [-0.15, -0.1) is 0 Å². The van der Waals surface area contributed by atoms with Gasteiger partial charge in [-0.1, -0.05) is 12.5 Å². The van der Waals surface area contributed by atoms with Crippen LogP contribution in [-0.2, 0) is 6.54 Å². The second-order valence-corrected chi connectivity index (χ2v) is 4.53. The van der Waals surface area contributed by atoms with Gasteiger partial charge in [0.1, 0.15) is 5.82 Å². The summed E-state index contributed by atoms with van der Waals surface area (Å²) in [6.07, 6.45) is 6.09. The van der Waals surface area contributed by atoms with Crippen LogP contribution >= 0.6 is 0 Å². The summed E-state index contributed by atoms with van der Waals surface area (Å²) >= 11 is 0. The number of nitrogens with zero attached hydrogens (tertiary/aromatic N) is 2. The van der Waals surface area contributed by atoms with Crippen LogP contribution in [0.5, 0.6) is 0 Å². The van der Waals surface area contributed by atoms with E-state index in [-0.39, 0.29) is 0 Å². The molecule has 3 nitrogen and oxygen atoms in total. The molecule has 0 amide bonds. The van der Waals surface area contributed by atoms with Crippen LogP contribution in [0.4, 0.5) is 0 Å². The summed E-state index contributed by atoms with van der Waals surface area (Å²) in [5, 5.41) is 3.19. The molecule has 1 saturated carbocycles. The predicted molar refractivity (Wildman–Crippen MR) is 64.5 cm³/mol. The number of imidazole rings is 1. The van der Waals surface area contributed by atoms with Gasteiger partial charge in [-0.2, -0.15) is 0 Å². The molecule has 84 valence electrons. The van der Waals surface area contributed by atoms with Gasteiger partial charge in [0.2, 0.25) is 0 Å². The van der Waals surface area contributed by atoms with E-state index in [0.717, 1.165) is 6.54 Å². The Hall–Kier alpha value is -1.35. The van der Waals surface area contributed by atoms with Crippen molar-refractivity contribution in [3.63, 3.8) is 0 Å². The first-order chi connectivity index (χ1) is 7.90. The van der Waals surface area contributed by atoms with Gasteiger partial charge in [-0.05, 0) is 32.0 Å². The lowest BCUT2D eigenvalue weighted by molar-refractivity contribution is 0.400. The van der Waals surface area contributed by atoms with Gasteiger partial charge in [0.25, 0.3) is 0 Å². The highest BCUT2D eigenvalue weighted by atomic mass is 15.0. The molecule has 16 heavy (non-hydrogen) atoms. The summed E-state index contributed by atoms with van der Waals surface area (Å²) in [4.78, 5) is 4.80. The second-order valence-electron chi connectivity index (χ2n) is 4.53. The van der Waals surface area contributed by atoms with Crippen molar-refractivity contribution >= 4 is 5.52 Å². The van der Waals surface area contributed by atoms with E-state index in [4.69, 9.17) is 4.98 Å². The SMILES string of the molecule is CNCc1nc(C2CCC2)n2ccccc12. The highest BCUT2D eigenvalue weighted by Gasteiger charge is 2.24. The highest BCUT2D eigenvalue weighted by Crippen LogP contribution is 2.36. The molecule has 0 aromatic carbocycles. The lowest BCUT2D eigenvalue weighted by Crippen LogP contribution is -2.12. The first-order valence-electron chi connectivity index (χ1n) is 6.00. The number of hydrogen-bond donors (Lipinski definition) is 1. The average Bonchev–Trinajstić information content (AvgIpc) is 2.57. The number of aromatic nitrogens is 2. The van der Waals surface area contributed by atoms with E-state index in [0.29, 0.717) is 5.92 Å². The van der Waals surface area contributed by atoms with Crippen LogP contribution in [0.2, 0.25) is 0 Å². The van der Waals surface area contributed by atoms with Gasteiger partial charge in [0.05, 0.1) is 11.2 Å². The number of fused-ring (bicyclic) bond motifs is 1. The molecule has 1 fully saturated rings. The summed E-state index contributed by atoms with van der Waals surface area (Å²) in [6.45, 7) is 0.847. The summed E-state index contributed by atoms with van der Waals surface area (Å²) < 4.78 is 2.26. The zero-order chi connectivity index (χ0) is 11.0. The molecule has 2 heterocycles. The van der Waals surface area contributed by atoms with Crippen LogP contribution < -0.4 is 5.32 Å². The van der Waals surface area contributed by atoms with E-state index in [1.54, 1.807) is 0 Å². The minimum absolute atomic E-state index is 0.681. The van der Waals surface area contributed by atoms with Crippen molar-refractivity contribution in [1.82, 2.24) is 14.7 Å². The lowest BCUT2D eigenvalue weighted by atomic mass is 9.85. The molecule has 2 aromatic heterocycles. The molecule has 0 bridgehead atoms. The Balaban J connectivity index is 2.12. The third-order valence-electron chi connectivity index (χ3n) is 3.47. The van der Waals surface area contributed by atoms with Gasteiger partial charge in [0, 0.05) is 18.7 Å². The van der Waals surface area contributed by atoms with Crippen molar-refractivity contribution in [1.29, 1.82) is 0 Å². The quantitative estimate of drug-likeness (QED) is 0.851. The van der Waals surface area contributed by atoms with Crippen LogP contribution in [0.15, 0.2) is 24.4 Å². The Morgan fingerprint density at radius 1 is 1.44 bits per heavy atom. The number of rotatable bonds is 3. The molecule has 1 aliphatic rings. The average molecular weight is 215 g/mol. The minimum Gasteiger partial charge on any atom is -0.314 e. The molecule has 0 aliphatic heterocycles. The maximum atomic E-state index is 4.80. The highest BCUT2D eigenvalue weighted by molar-refractivity contribution is 5.53. The molecular formula is C13H17N3. The maximum absolute atomic E-state index is 4.80. The van der Waals surface area contributed by atoms with E-state index >= 15 is 0 Å². The molecular weight excluding hydrogens is 198 g/mol. The Bertz CT molecular complexity index is 497. The van der Waals surface area contributed by atoms with Gasteiger partial charge >= 0.3 is 0 Å². The van der Waals surface area contributed by atoms with Crippen LogP contribution in [0.3, 0.4) is 0 Å². The van der Waals surface area contributed by atoms with Crippen molar-refractivity contribution in [3.8, 4) is 0 Å². The Kier molecular flexibility index (Phi) is 2.40. The monoisotopic (exact) mass is 215 g/mol. The first-order valence-corrected chi connectivity index (χ1v) is 6.00. The Labute approximate surface area is 95.5 Å². The normalized spacial score (nSPS) is 16.6. The van der Waals surface area contributed by atoms with Crippen LogP contribution in [0.25, 0.3) is 5.52 Å². The molecule has 0 unspecified atom stereocenters. The van der Waals surface area contributed by atoms with Gasteiger partial charge in [-0.25, -0.2) is 4.98 Å². The maximum Gasteiger partial charge on any atom is 0.116 e. The van der Waals surface area contributed by atoms with E-state index in [1.807, 2.05) is 7.05 Å². The second kappa shape index (κ2) is 3.91. The molecule has 3 heteroatoms. The minimum atomic E-state index is 0.681. The van der Waals surface area contributed by atoms with Crippen molar-refractivity contribution in [2.24, 2.45) is 0 Å².